The Labute approximate surface area is 157 Å². The van der Waals surface area contributed by atoms with Crippen molar-refractivity contribution in [2.24, 2.45) is 0 Å². The van der Waals surface area contributed by atoms with Gasteiger partial charge in [0.05, 0.1) is 11.3 Å². The van der Waals surface area contributed by atoms with Crippen LogP contribution in [-0.2, 0) is 4.79 Å². The second-order valence-corrected chi connectivity index (χ2v) is 6.93. The highest BCUT2D eigenvalue weighted by Crippen LogP contribution is 2.55. The third-order valence-corrected chi connectivity index (χ3v) is 5.06. The maximum Gasteiger partial charge on any atom is 0.258 e. The number of nitrogens with zero attached hydrogens (tertiary/aromatic N) is 3. The van der Waals surface area contributed by atoms with E-state index in [-0.39, 0.29) is 17.4 Å². The van der Waals surface area contributed by atoms with E-state index in [0.717, 1.165) is 18.1 Å². The van der Waals surface area contributed by atoms with Crippen LogP contribution in [0.5, 0.6) is 0 Å². The number of fused-ring (bicyclic) bond motifs is 1. The molecule has 3 aromatic rings. The summed E-state index contributed by atoms with van der Waals surface area (Å²) >= 11 is 0. The summed E-state index contributed by atoms with van der Waals surface area (Å²) < 4.78 is 28.7. The maximum absolute atomic E-state index is 13.6. The van der Waals surface area contributed by atoms with Gasteiger partial charge in [-0.15, -0.1) is 0 Å². The fourth-order valence-electron chi connectivity index (χ4n) is 3.70. The number of rotatable bonds is 3. The fraction of sp³-hybridized carbons (Fsp3) is 0.211. The van der Waals surface area contributed by atoms with Crippen LogP contribution in [0.2, 0.25) is 0 Å². The number of imidazole rings is 1. The first-order valence-corrected chi connectivity index (χ1v) is 8.75. The van der Waals surface area contributed by atoms with Crippen LogP contribution in [0.15, 0.2) is 42.9 Å². The molecule has 1 fully saturated rings. The van der Waals surface area contributed by atoms with Crippen LogP contribution in [-0.4, -0.2) is 32.0 Å². The first-order valence-electron chi connectivity index (χ1n) is 8.75. The van der Waals surface area contributed by atoms with Crippen molar-refractivity contribution in [3.63, 3.8) is 0 Å². The highest BCUT2D eigenvalue weighted by atomic mass is 19.1. The van der Waals surface area contributed by atoms with Gasteiger partial charge >= 0.3 is 0 Å². The Balaban J connectivity index is 1.55. The lowest BCUT2D eigenvalue weighted by atomic mass is 10.0. The van der Waals surface area contributed by atoms with Gasteiger partial charge in [-0.1, -0.05) is 0 Å². The summed E-state index contributed by atoms with van der Waals surface area (Å²) in [5.74, 6) is -1.68. The lowest BCUT2D eigenvalue weighted by molar-refractivity contribution is -0.119. The molecule has 1 aliphatic heterocycles. The predicted octanol–water partition coefficient (Wildman–Crippen LogP) is 1.61. The van der Waals surface area contributed by atoms with Crippen LogP contribution in [0.4, 0.5) is 8.78 Å². The Morgan fingerprint density at radius 3 is 2.68 bits per heavy atom. The number of aliphatic hydroxyl groups is 1. The zero-order chi connectivity index (χ0) is 19.4. The second-order valence-electron chi connectivity index (χ2n) is 6.93. The molecule has 1 unspecified atom stereocenters. The Morgan fingerprint density at radius 2 is 1.93 bits per heavy atom. The monoisotopic (exact) mass is 383 g/mol. The minimum Gasteiger partial charge on any atom is -0.356 e. The molecule has 2 aliphatic rings. The molecule has 9 heteroatoms. The minimum atomic E-state index is -1.15. The van der Waals surface area contributed by atoms with Crippen LogP contribution in [0.3, 0.4) is 0 Å². The van der Waals surface area contributed by atoms with E-state index in [1.165, 1.54) is 18.3 Å². The SMILES string of the molecule is O=C1NC(O)NC=C1c1cc([C@@H]2C[C@H]2c2cc(F)cc(F)c2)c2nccn2n1. The van der Waals surface area contributed by atoms with Gasteiger partial charge in [0.15, 0.2) is 5.65 Å². The van der Waals surface area contributed by atoms with Crippen molar-refractivity contribution < 1.29 is 18.7 Å². The molecule has 1 aromatic carbocycles. The lowest BCUT2D eigenvalue weighted by Crippen LogP contribution is -2.47. The molecule has 3 heterocycles. The molecule has 1 saturated carbocycles. The number of nitrogens with one attached hydrogen (secondary N) is 2. The summed E-state index contributed by atoms with van der Waals surface area (Å²) in [6, 6.07) is 5.32. The number of halogens is 2. The molecular weight excluding hydrogens is 368 g/mol. The van der Waals surface area contributed by atoms with Gasteiger partial charge in [0.1, 0.15) is 11.6 Å². The third-order valence-electron chi connectivity index (χ3n) is 5.06. The Morgan fingerprint density at radius 1 is 1.14 bits per heavy atom. The number of aromatic nitrogens is 3. The first kappa shape index (κ1) is 16.8. The minimum absolute atomic E-state index is 0.0126. The van der Waals surface area contributed by atoms with E-state index >= 15 is 0 Å². The Kier molecular flexibility index (Phi) is 3.66. The quantitative estimate of drug-likeness (QED) is 0.639. The van der Waals surface area contributed by atoms with Crippen molar-refractivity contribution in [1.82, 2.24) is 25.2 Å². The summed E-state index contributed by atoms with van der Waals surface area (Å²) in [4.78, 5) is 16.5. The van der Waals surface area contributed by atoms with Crippen molar-refractivity contribution in [1.29, 1.82) is 0 Å². The van der Waals surface area contributed by atoms with Crippen LogP contribution in [0.1, 0.15) is 35.1 Å². The highest BCUT2D eigenvalue weighted by molar-refractivity contribution is 6.19. The van der Waals surface area contributed by atoms with Gasteiger partial charge in [0, 0.05) is 30.2 Å². The number of hydrogen-bond donors (Lipinski definition) is 3. The van der Waals surface area contributed by atoms with Crippen molar-refractivity contribution in [2.45, 2.75) is 24.6 Å². The summed E-state index contributed by atoms with van der Waals surface area (Å²) in [6.07, 6.45) is 4.25. The van der Waals surface area contributed by atoms with Gasteiger partial charge in [-0.2, -0.15) is 5.10 Å². The van der Waals surface area contributed by atoms with Gasteiger partial charge in [-0.05, 0) is 42.0 Å². The summed E-state index contributed by atoms with van der Waals surface area (Å²) in [5.41, 5.74) is 2.78. The molecule has 0 radical (unpaired) electrons. The number of amides is 1. The largest absolute Gasteiger partial charge is 0.356 e. The molecule has 1 aliphatic carbocycles. The van der Waals surface area contributed by atoms with Gasteiger partial charge in [-0.25, -0.2) is 18.3 Å². The van der Waals surface area contributed by atoms with Crippen molar-refractivity contribution in [2.75, 3.05) is 0 Å². The molecule has 0 saturated heterocycles. The molecule has 7 nitrogen and oxygen atoms in total. The Bertz CT molecular complexity index is 1120. The van der Waals surface area contributed by atoms with E-state index in [9.17, 15) is 18.7 Å². The van der Waals surface area contributed by atoms with E-state index in [1.807, 2.05) is 0 Å². The predicted molar refractivity (Wildman–Crippen MR) is 94.7 cm³/mol. The number of hydrogen-bond acceptors (Lipinski definition) is 5. The van der Waals surface area contributed by atoms with Crippen LogP contribution in [0, 0.1) is 11.6 Å². The molecule has 0 spiro atoms. The Hall–Kier alpha value is -3.33. The number of carbonyl (C=O) groups is 1. The lowest BCUT2D eigenvalue weighted by Gasteiger charge is -2.20. The topological polar surface area (TPSA) is 91.5 Å². The van der Waals surface area contributed by atoms with Gasteiger partial charge in [0.25, 0.3) is 5.91 Å². The maximum atomic E-state index is 13.6. The number of benzene rings is 1. The van der Waals surface area contributed by atoms with Gasteiger partial charge < -0.3 is 15.7 Å². The number of aliphatic hydroxyl groups excluding tert-OH is 1. The molecule has 5 rings (SSSR count). The standard InChI is InChI=1S/C19H15F2N5O2/c20-10-3-9(4-11(21)5-10)12-6-13(12)14-7-16(25-26-2-1-22-17(14)26)15-8-23-19(28)24-18(15)27/h1-5,7-8,12-13,19,23,28H,6H2,(H,24,27)/t12-,13+,19?/m0/s1. The molecule has 28 heavy (non-hydrogen) atoms. The normalized spacial score (nSPS) is 23.9. The highest BCUT2D eigenvalue weighted by Gasteiger charge is 2.42. The van der Waals surface area contributed by atoms with Gasteiger partial charge in [-0.3, -0.25) is 4.79 Å². The zero-order valence-corrected chi connectivity index (χ0v) is 14.4. The van der Waals surface area contributed by atoms with Gasteiger partial charge in [0.2, 0.25) is 6.35 Å². The molecule has 1 amide bonds. The summed E-state index contributed by atoms with van der Waals surface area (Å²) in [7, 11) is 0. The molecular formula is C19H15F2N5O2. The van der Waals surface area contributed by atoms with Crippen molar-refractivity contribution in [3.8, 4) is 0 Å². The molecule has 3 atom stereocenters. The van der Waals surface area contributed by atoms with E-state index in [2.05, 4.69) is 20.7 Å². The van der Waals surface area contributed by atoms with Crippen LogP contribution in [0.25, 0.3) is 11.2 Å². The van der Waals surface area contributed by atoms with E-state index in [1.54, 1.807) is 23.0 Å². The fourth-order valence-corrected chi connectivity index (χ4v) is 3.70. The summed E-state index contributed by atoms with van der Waals surface area (Å²) in [5, 5.41) is 18.9. The third kappa shape index (κ3) is 2.80. The summed E-state index contributed by atoms with van der Waals surface area (Å²) in [6.45, 7) is 0. The van der Waals surface area contributed by atoms with Crippen molar-refractivity contribution >= 4 is 17.1 Å². The number of carbonyl (C=O) groups excluding carboxylic acids is 1. The van der Waals surface area contributed by atoms with E-state index in [4.69, 9.17) is 0 Å². The average Bonchev–Trinajstić information content (AvgIpc) is 3.29. The first-order chi connectivity index (χ1) is 13.5. The molecule has 0 bridgehead atoms. The van der Waals surface area contributed by atoms with E-state index in [0.29, 0.717) is 16.9 Å². The smallest absolute Gasteiger partial charge is 0.258 e. The van der Waals surface area contributed by atoms with Crippen LogP contribution < -0.4 is 10.6 Å². The van der Waals surface area contributed by atoms with Crippen LogP contribution >= 0.6 is 0 Å². The van der Waals surface area contributed by atoms with E-state index < -0.39 is 23.9 Å². The molecule has 3 N–H and O–H groups in total. The molecule has 142 valence electrons. The second kappa shape index (κ2) is 6.10. The van der Waals surface area contributed by atoms with Crippen molar-refractivity contribution in [3.05, 3.63) is 71.3 Å². The average molecular weight is 383 g/mol. The zero-order valence-electron chi connectivity index (χ0n) is 14.4. The molecule has 2 aromatic heterocycles.